The van der Waals surface area contributed by atoms with Gasteiger partial charge in [-0.15, -0.1) is 0 Å². The molecule has 27 heavy (non-hydrogen) atoms. The third kappa shape index (κ3) is 3.91. The van der Waals surface area contributed by atoms with E-state index in [-0.39, 0.29) is 18.1 Å². The highest BCUT2D eigenvalue weighted by atomic mass is 16.5. The lowest BCUT2D eigenvalue weighted by atomic mass is 9.99. The number of amides is 1. The summed E-state index contributed by atoms with van der Waals surface area (Å²) in [6.45, 7) is 6.01. The Labute approximate surface area is 159 Å². The zero-order chi connectivity index (χ0) is 18.8. The number of piperidine rings is 1. The number of aryl methyl sites for hydroxylation is 2. The minimum atomic E-state index is -0.148. The number of carbonyl (C=O) groups is 1. The number of hydrogen-bond donors (Lipinski definition) is 1. The highest BCUT2D eigenvalue weighted by Gasteiger charge is 2.38. The number of carbonyl (C=O) groups excluding carboxylic acids is 1. The van der Waals surface area contributed by atoms with Crippen LogP contribution in [0.15, 0.2) is 18.6 Å². The van der Waals surface area contributed by atoms with Crippen molar-refractivity contribution in [3.05, 3.63) is 35.7 Å². The quantitative estimate of drug-likeness (QED) is 0.880. The molecule has 2 aliphatic heterocycles. The summed E-state index contributed by atoms with van der Waals surface area (Å²) in [4.78, 5) is 24.8. The summed E-state index contributed by atoms with van der Waals surface area (Å²) in [5.74, 6) is 0.714. The lowest BCUT2D eigenvalue weighted by Crippen LogP contribution is -2.52. The number of nitrogens with one attached hydrogen (secondary N) is 1. The van der Waals surface area contributed by atoms with E-state index in [4.69, 9.17) is 4.74 Å². The molecule has 2 aromatic heterocycles. The van der Waals surface area contributed by atoms with Crippen LogP contribution in [-0.2, 0) is 11.8 Å². The first-order chi connectivity index (χ1) is 13.1. The number of aromatic nitrogens is 4. The van der Waals surface area contributed by atoms with E-state index < -0.39 is 0 Å². The number of aromatic amines is 1. The van der Waals surface area contributed by atoms with Gasteiger partial charge in [-0.05, 0) is 32.9 Å². The average molecular weight is 372 g/mol. The highest BCUT2D eigenvalue weighted by molar-refractivity contribution is 5.92. The number of imidazole rings is 1. The summed E-state index contributed by atoms with van der Waals surface area (Å²) < 4.78 is 7.96. The number of hydrogen-bond acceptors (Lipinski definition) is 5. The molecule has 0 saturated carbocycles. The predicted octanol–water partition coefficient (Wildman–Crippen LogP) is 1.52. The molecule has 146 valence electrons. The Bertz CT molecular complexity index is 779. The average Bonchev–Trinajstić information content (AvgIpc) is 3.30. The van der Waals surface area contributed by atoms with E-state index in [2.05, 4.69) is 20.0 Å². The fourth-order valence-electron chi connectivity index (χ4n) is 4.18. The van der Waals surface area contributed by atoms with Gasteiger partial charge < -0.3 is 19.5 Å². The molecule has 0 unspecified atom stereocenters. The van der Waals surface area contributed by atoms with Gasteiger partial charge in [0.1, 0.15) is 11.5 Å². The van der Waals surface area contributed by atoms with Crippen LogP contribution in [-0.4, -0.2) is 74.3 Å². The van der Waals surface area contributed by atoms with Crippen molar-refractivity contribution in [2.75, 3.05) is 32.8 Å². The summed E-state index contributed by atoms with van der Waals surface area (Å²) in [5.41, 5.74) is 1.55. The van der Waals surface area contributed by atoms with Gasteiger partial charge >= 0.3 is 0 Å². The second-order valence-electron chi connectivity index (χ2n) is 7.54. The molecular weight excluding hydrogens is 344 g/mol. The van der Waals surface area contributed by atoms with E-state index in [1.165, 1.54) is 19.3 Å². The highest BCUT2D eigenvalue weighted by Crippen LogP contribution is 2.31. The monoisotopic (exact) mass is 372 g/mol. The van der Waals surface area contributed by atoms with Crippen molar-refractivity contribution in [2.24, 2.45) is 7.05 Å². The van der Waals surface area contributed by atoms with Crippen molar-refractivity contribution in [2.45, 2.75) is 38.3 Å². The van der Waals surface area contributed by atoms with E-state index in [0.29, 0.717) is 18.8 Å². The van der Waals surface area contributed by atoms with Crippen LogP contribution in [0, 0.1) is 6.92 Å². The van der Waals surface area contributed by atoms with Gasteiger partial charge in [0, 0.05) is 31.9 Å². The normalized spacial score (nSPS) is 24.3. The van der Waals surface area contributed by atoms with Gasteiger partial charge in [0.15, 0.2) is 0 Å². The molecule has 1 amide bonds. The predicted molar refractivity (Wildman–Crippen MR) is 100 cm³/mol. The third-order valence-electron chi connectivity index (χ3n) is 5.50. The van der Waals surface area contributed by atoms with E-state index in [0.717, 1.165) is 31.0 Å². The molecule has 2 saturated heterocycles. The molecule has 0 spiro atoms. The maximum atomic E-state index is 13.2. The van der Waals surface area contributed by atoms with E-state index in [9.17, 15) is 4.79 Å². The first-order valence-electron chi connectivity index (χ1n) is 9.77. The number of H-pyrrole nitrogens is 1. The Hall–Kier alpha value is -2.19. The molecule has 4 heterocycles. The summed E-state index contributed by atoms with van der Waals surface area (Å²) in [5, 5.41) is 4.33. The Balaban J connectivity index is 1.61. The zero-order valence-electron chi connectivity index (χ0n) is 16.1. The second-order valence-corrected chi connectivity index (χ2v) is 7.54. The van der Waals surface area contributed by atoms with Gasteiger partial charge in [0.2, 0.25) is 0 Å². The summed E-state index contributed by atoms with van der Waals surface area (Å²) >= 11 is 0. The summed E-state index contributed by atoms with van der Waals surface area (Å²) in [6.07, 6.45) is 9.17. The van der Waals surface area contributed by atoms with Crippen molar-refractivity contribution in [1.29, 1.82) is 0 Å². The first-order valence-corrected chi connectivity index (χ1v) is 9.77. The van der Waals surface area contributed by atoms with Gasteiger partial charge in [0.05, 0.1) is 31.1 Å². The van der Waals surface area contributed by atoms with Crippen LogP contribution in [0.3, 0.4) is 0 Å². The van der Waals surface area contributed by atoms with E-state index >= 15 is 0 Å². The molecule has 2 aliphatic rings. The molecule has 2 fully saturated rings. The van der Waals surface area contributed by atoms with Crippen LogP contribution in [0.25, 0.3) is 0 Å². The Morgan fingerprint density at radius 2 is 2.07 bits per heavy atom. The maximum Gasteiger partial charge on any atom is 0.272 e. The van der Waals surface area contributed by atoms with Crippen molar-refractivity contribution in [3.63, 3.8) is 0 Å². The molecule has 0 radical (unpaired) electrons. The molecule has 0 aliphatic carbocycles. The standard InChI is InChI=1S/C19H28N6O2/c1-14-20-11-16(22-14)19(26)25-8-9-27-17(13-24-6-4-3-5-7-24)18(25)15-10-21-23(2)12-15/h10-12,17-18H,3-9,13H2,1-2H3,(H,20,22)/t17-,18-/m0/s1. The fraction of sp³-hybridized carbons (Fsp3) is 0.632. The largest absolute Gasteiger partial charge is 0.373 e. The fourth-order valence-corrected chi connectivity index (χ4v) is 4.18. The maximum absolute atomic E-state index is 13.2. The molecule has 2 atom stereocenters. The van der Waals surface area contributed by atoms with E-state index in [1.807, 2.05) is 31.3 Å². The molecule has 0 bridgehead atoms. The number of ether oxygens (including phenoxy) is 1. The van der Waals surface area contributed by atoms with Crippen molar-refractivity contribution in [3.8, 4) is 0 Å². The minimum Gasteiger partial charge on any atom is -0.373 e. The zero-order valence-corrected chi connectivity index (χ0v) is 16.1. The molecule has 4 rings (SSSR count). The van der Waals surface area contributed by atoms with Gasteiger partial charge in [-0.3, -0.25) is 9.48 Å². The molecule has 8 nitrogen and oxygen atoms in total. The van der Waals surface area contributed by atoms with Gasteiger partial charge in [-0.1, -0.05) is 6.42 Å². The second kappa shape index (κ2) is 7.82. The van der Waals surface area contributed by atoms with Crippen LogP contribution in [0.4, 0.5) is 0 Å². The lowest BCUT2D eigenvalue weighted by Gasteiger charge is -2.43. The molecule has 1 N–H and O–H groups in total. The molecule has 2 aromatic rings. The number of nitrogens with zero attached hydrogens (tertiary/aromatic N) is 5. The van der Waals surface area contributed by atoms with Crippen LogP contribution in [0.5, 0.6) is 0 Å². The van der Waals surface area contributed by atoms with Crippen LogP contribution < -0.4 is 0 Å². The summed E-state index contributed by atoms with van der Waals surface area (Å²) in [6, 6.07) is -0.148. The van der Waals surface area contributed by atoms with Crippen LogP contribution in [0.2, 0.25) is 0 Å². The SMILES string of the molecule is Cc1ncc(C(=O)N2CCO[C@@H](CN3CCCCC3)[C@@H]2c2cnn(C)c2)[nH]1. The van der Waals surface area contributed by atoms with Crippen LogP contribution in [0.1, 0.15) is 47.2 Å². The van der Waals surface area contributed by atoms with Crippen molar-refractivity contribution in [1.82, 2.24) is 29.5 Å². The lowest BCUT2D eigenvalue weighted by molar-refractivity contribution is -0.0743. The Morgan fingerprint density at radius 3 is 2.74 bits per heavy atom. The van der Waals surface area contributed by atoms with Gasteiger partial charge in [-0.2, -0.15) is 5.10 Å². The molecule has 0 aromatic carbocycles. The van der Waals surface area contributed by atoms with Crippen molar-refractivity contribution < 1.29 is 9.53 Å². The molecule has 8 heteroatoms. The Kier molecular flexibility index (Phi) is 5.27. The topological polar surface area (TPSA) is 79.3 Å². The van der Waals surface area contributed by atoms with Crippen molar-refractivity contribution >= 4 is 5.91 Å². The smallest absolute Gasteiger partial charge is 0.272 e. The number of rotatable bonds is 4. The van der Waals surface area contributed by atoms with Gasteiger partial charge in [-0.25, -0.2) is 4.98 Å². The summed E-state index contributed by atoms with van der Waals surface area (Å²) in [7, 11) is 1.90. The Morgan fingerprint density at radius 1 is 1.26 bits per heavy atom. The first kappa shape index (κ1) is 18.2. The third-order valence-corrected chi connectivity index (χ3v) is 5.50. The van der Waals surface area contributed by atoms with Crippen LogP contribution >= 0.6 is 0 Å². The van der Waals surface area contributed by atoms with E-state index in [1.54, 1.807) is 10.9 Å². The van der Waals surface area contributed by atoms with Gasteiger partial charge in [0.25, 0.3) is 5.91 Å². The minimum absolute atomic E-state index is 0.0311. The molecular formula is C19H28N6O2. The number of likely N-dealkylation sites (tertiary alicyclic amines) is 1. The number of morpholine rings is 1.